The van der Waals surface area contributed by atoms with Crippen molar-refractivity contribution in [1.82, 2.24) is 14.7 Å². The van der Waals surface area contributed by atoms with Crippen molar-refractivity contribution in [1.29, 1.82) is 0 Å². The summed E-state index contributed by atoms with van der Waals surface area (Å²) >= 11 is 11.8. The van der Waals surface area contributed by atoms with Crippen molar-refractivity contribution in [3.8, 4) is 0 Å². The maximum atomic E-state index is 12.3. The number of hydrogen-bond donors (Lipinski definition) is 0. The summed E-state index contributed by atoms with van der Waals surface area (Å²) in [6.07, 6.45) is 3.71. The summed E-state index contributed by atoms with van der Waals surface area (Å²) in [6, 6.07) is 15.3. The Morgan fingerprint density at radius 3 is 2.64 bits per heavy atom. The molecule has 1 aliphatic carbocycles. The van der Waals surface area contributed by atoms with Crippen molar-refractivity contribution >= 4 is 34.0 Å². The zero-order valence-corrected chi connectivity index (χ0v) is 15.0. The maximum Gasteiger partial charge on any atom is 0.288 e. The van der Waals surface area contributed by atoms with Crippen molar-refractivity contribution in [2.45, 2.75) is 32.1 Å². The number of rotatable bonds is 5. The average molecular weight is 374 g/mol. The molecule has 0 aliphatic heterocycles. The van der Waals surface area contributed by atoms with Gasteiger partial charge in [-0.05, 0) is 35.2 Å². The molecule has 128 valence electrons. The van der Waals surface area contributed by atoms with Gasteiger partial charge in [0.05, 0.1) is 17.9 Å². The van der Waals surface area contributed by atoms with E-state index in [0.29, 0.717) is 12.7 Å². The maximum absolute atomic E-state index is 12.3. The van der Waals surface area contributed by atoms with E-state index in [1.54, 1.807) is 0 Å². The van der Waals surface area contributed by atoms with Crippen LogP contribution in [-0.4, -0.2) is 20.7 Å². The van der Waals surface area contributed by atoms with Crippen LogP contribution in [0.2, 0.25) is 10.0 Å². The third-order valence-electron chi connectivity index (χ3n) is 4.52. The lowest BCUT2D eigenvalue weighted by Crippen LogP contribution is -2.35. The zero-order chi connectivity index (χ0) is 17.4. The van der Waals surface area contributed by atoms with Gasteiger partial charge in [-0.1, -0.05) is 59.6 Å². The molecule has 3 aromatic rings. The van der Waals surface area contributed by atoms with Crippen LogP contribution < -0.4 is 5.56 Å². The van der Waals surface area contributed by atoms with Crippen molar-refractivity contribution < 1.29 is 0 Å². The van der Waals surface area contributed by atoms with Crippen LogP contribution >= 0.6 is 23.2 Å². The molecule has 0 unspecified atom stereocenters. The van der Waals surface area contributed by atoms with Gasteiger partial charge in [-0.25, -0.2) is 4.68 Å². The van der Waals surface area contributed by atoms with Gasteiger partial charge in [-0.15, -0.1) is 0 Å². The summed E-state index contributed by atoms with van der Waals surface area (Å²) in [5, 5.41) is 6.79. The van der Waals surface area contributed by atoms with Crippen LogP contribution in [0.3, 0.4) is 0 Å². The second-order valence-corrected chi connectivity index (χ2v) is 7.20. The summed E-state index contributed by atoms with van der Waals surface area (Å²) in [5.74, 6) is 0. The molecule has 0 amide bonds. The fraction of sp³-hybridized carbons (Fsp3) is 0.263. The molecule has 25 heavy (non-hydrogen) atoms. The molecular weight excluding hydrogens is 357 g/mol. The SMILES string of the molecule is O=c1c(Cl)c(Cl)cnn1CN(Cc1ccc2ccccc2c1)C1CC1. The fourth-order valence-corrected chi connectivity index (χ4v) is 3.29. The monoisotopic (exact) mass is 373 g/mol. The lowest BCUT2D eigenvalue weighted by atomic mass is 10.1. The Kier molecular flexibility index (Phi) is 4.50. The molecule has 1 fully saturated rings. The predicted molar refractivity (Wildman–Crippen MR) is 101 cm³/mol. The summed E-state index contributed by atoms with van der Waals surface area (Å²) in [4.78, 5) is 14.5. The number of nitrogens with zero attached hydrogens (tertiary/aromatic N) is 3. The molecule has 0 N–H and O–H groups in total. The van der Waals surface area contributed by atoms with Gasteiger partial charge in [0.25, 0.3) is 5.56 Å². The minimum Gasteiger partial charge on any atom is -0.277 e. The first kappa shape index (κ1) is 16.6. The lowest BCUT2D eigenvalue weighted by molar-refractivity contribution is 0.184. The Balaban J connectivity index is 1.59. The first-order valence-corrected chi connectivity index (χ1v) is 9.00. The number of hydrogen-bond acceptors (Lipinski definition) is 3. The van der Waals surface area contributed by atoms with Crippen LogP contribution in [0.25, 0.3) is 10.8 Å². The first-order valence-electron chi connectivity index (χ1n) is 8.24. The molecule has 1 heterocycles. The molecule has 1 aliphatic rings. The van der Waals surface area contributed by atoms with Crippen molar-refractivity contribution in [3.63, 3.8) is 0 Å². The minimum absolute atomic E-state index is 0.0260. The highest BCUT2D eigenvalue weighted by Crippen LogP contribution is 2.29. The average Bonchev–Trinajstić information content (AvgIpc) is 3.46. The van der Waals surface area contributed by atoms with Gasteiger partial charge in [0, 0.05) is 12.6 Å². The molecule has 0 saturated heterocycles. The zero-order valence-electron chi connectivity index (χ0n) is 13.5. The Morgan fingerprint density at radius 2 is 1.88 bits per heavy atom. The van der Waals surface area contributed by atoms with E-state index in [9.17, 15) is 4.79 Å². The van der Waals surface area contributed by atoms with Gasteiger partial charge in [0.15, 0.2) is 0 Å². The molecule has 0 atom stereocenters. The van der Waals surface area contributed by atoms with Crippen LogP contribution in [0.15, 0.2) is 53.5 Å². The van der Waals surface area contributed by atoms with Crippen molar-refractivity contribution in [2.24, 2.45) is 0 Å². The molecule has 4 nitrogen and oxygen atoms in total. The Bertz CT molecular complexity index is 982. The molecule has 6 heteroatoms. The molecule has 0 bridgehead atoms. The summed E-state index contributed by atoms with van der Waals surface area (Å²) in [5.41, 5.74) is 0.872. The van der Waals surface area contributed by atoms with Gasteiger partial charge >= 0.3 is 0 Å². The third kappa shape index (κ3) is 3.56. The van der Waals surface area contributed by atoms with Crippen LogP contribution in [0.1, 0.15) is 18.4 Å². The molecule has 2 aromatic carbocycles. The molecule has 1 aromatic heterocycles. The Hall–Kier alpha value is -1.88. The smallest absolute Gasteiger partial charge is 0.277 e. The highest BCUT2D eigenvalue weighted by atomic mass is 35.5. The summed E-state index contributed by atoms with van der Waals surface area (Å²) in [7, 11) is 0. The highest BCUT2D eigenvalue weighted by Gasteiger charge is 2.29. The normalized spacial score (nSPS) is 14.4. The highest BCUT2D eigenvalue weighted by molar-refractivity contribution is 6.41. The van der Waals surface area contributed by atoms with E-state index in [-0.39, 0.29) is 15.6 Å². The molecule has 4 rings (SSSR count). The van der Waals surface area contributed by atoms with Crippen LogP contribution in [0, 0.1) is 0 Å². The van der Waals surface area contributed by atoms with E-state index in [0.717, 1.165) is 19.4 Å². The van der Waals surface area contributed by atoms with Crippen LogP contribution in [0.5, 0.6) is 0 Å². The van der Waals surface area contributed by atoms with Gasteiger partial charge < -0.3 is 0 Å². The Morgan fingerprint density at radius 1 is 1.12 bits per heavy atom. The van der Waals surface area contributed by atoms with E-state index >= 15 is 0 Å². The standard InChI is InChI=1S/C19H17Cl2N3O/c20-17-10-22-24(19(25)18(17)21)12-23(16-7-8-16)11-13-5-6-14-3-1-2-4-15(14)9-13/h1-6,9-10,16H,7-8,11-12H2. The van der Waals surface area contributed by atoms with E-state index < -0.39 is 0 Å². The minimum atomic E-state index is -0.349. The molecule has 1 saturated carbocycles. The molecule has 0 spiro atoms. The van der Waals surface area contributed by atoms with Crippen molar-refractivity contribution in [2.75, 3.05) is 0 Å². The second-order valence-electron chi connectivity index (χ2n) is 6.41. The van der Waals surface area contributed by atoms with Crippen molar-refractivity contribution in [3.05, 3.63) is 74.6 Å². The summed E-state index contributed by atoms with van der Waals surface area (Å²) in [6.45, 7) is 1.18. The fourth-order valence-electron chi connectivity index (χ4n) is 3.02. The van der Waals surface area contributed by atoms with Gasteiger partial charge in [-0.3, -0.25) is 9.69 Å². The van der Waals surface area contributed by atoms with E-state index in [4.69, 9.17) is 23.2 Å². The number of fused-ring (bicyclic) bond motifs is 1. The van der Waals surface area contributed by atoms with Gasteiger partial charge in [0.2, 0.25) is 0 Å². The largest absolute Gasteiger partial charge is 0.288 e. The quantitative estimate of drug-likeness (QED) is 0.667. The van der Waals surface area contributed by atoms with E-state index in [1.807, 2.05) is 12.1 Å². The molecule has 0 radical (unpaired) electrons. The topological polar surface area (TPSA) is 38.1 Å². The third-order valence-corrected chi connectivity index (χ3v) is 5.27. The lowest BCUT2D eigenvalue weighted by Gasteiger charge is -2.22. The number of halogens is 2. The molecular formula is C19H17Cl2N3O. The first-order chi connectivity index (χ1) is 12.1. The van der Waals surface area contributed by atoms with E-state index in [2.05, 4.69) is 40.3 Å². The number of aromatic nitrogens is 2. The van der Waals surface area contributed by atoms with Gasteiger partial charge in [-0.2, -0.15) is 5.10 Å². The van der Waals surface area contributed by atoms with Crippen LogP contribution in [0.4, 0.5) is 0 Å². The van der Waals surface area contributed by atoms with Gasteiger partial charge in [0.1, 0.15) is 5.02 Å². The predicted octanol–water partition coefficient (Wildman–Crippen LogP) is 4.33. The summed E-state index contributed by atoms with van der Waals surface area (Å²) < 4.78 is 1.38. The second kappa shape index (κ2) is 6.79. The van der Waals surface area contributed by atoms with E-state index in [1.165, 1.54) is 27.2 Å². The number of benzene rings is 2. The van der Waals surface area contributed by atoms with Crippen LogP contribution in [-0.2, 0) is 13.2 Å². The Labute approximate surface area is 155 Å².